The first-order valence-electron chi connectivity index (χ1n) is 11.1. The fourth-order valence-corrected chi connectivity index (χ4v) is 5.55. The van der Waals surface area contributed by atoms with Crippen LogP contribution < -0.4 is 15.1 Å². The molecule has 1 aliphatic rings. The van der Waals surface area contributed by atoms with Crippen molar-refractivity contribution in [2.45, 2.75) is 19.9 Å². The van der Waals surface area contributed by atoms with Gasteiger partial charge < -0.3 is 9.15 Å². The van der Waals surface area contributed by atoms with E-state index >= 15 is 4.39 Å². The summed E-state index contributed by atoms with van der Waals surface area (Å²) in [5.41, 5.74) is 1.83. The molecule has 6 rings (SSSR count). The van der Waals surface area contributed by atoms with Crippen molar-refractivity contribution >= 4 is 43.6 Å². The third-order valence-electron chi connectivity index (χ3n) is 6.09. The lowest BCUT2D eigenvalue weighted by Gasteiger charge is -2.22. The lowest BCUT2D eigenvalue weighted by atomic mass is 9.98. The minimum Gasteiger partial charge on any atom is -0.494 e. The van der Waals surface area contributed by atoms with E-state index in [1.807, 2.05) is 38.1 Å². The fourth-order valence-electron chi connectivity index (χ4n) is 4.53. The second-order valence-corrected chi connectivity index (χ2v) is 9.34. The van der Waals surface area contributed by atoms with Gasteiger partial charge in [0.2, 0.25) is 5.76 Å². The van der Waals surface area contributed by atoms with Gasteiger partial charge in [0.1, 0.15) is 23.2 Å². The number of hydrogen-bond acceptors (Lipinski definition) is 6. The summed E-state index contributed by atoms with van der Waals surface area (Å²) >= 11 is 1.27. The molecule has 0 bridgehead atoms. The molecule has 1 atom stereocenters. The number of anilines is 1. The number of carbonyl (C=O) groups excluding carboxylic acids is 1. The summed E-state index contributed by atoms with van der Waals surface area (Å²) in [7, 11) is 0. The molecule has 1 unspecified atom stereocenters. The van der Waals surface area contributed by atoms with Crippen molar-refractivity contribution in [1.82, 2.24) is 4.98 Å². The molecule has 174 valence electrons. The van der Waals surface area contributed by atoms with E-state index in [9.17, 15) is 9.59 Å². The van der Waals surface area contributed by atoms with Crippen LogP contribution in [0.15, 0.2) is 69.9 Å². The monoisotopic (exact) mass is 486 g/mol. The molecular weight excluding hydrogens is 467 g/mol. The van der Waals surface area contributed by atoms with Crippen LogP contribution in [0.1, 0.15) is 40.2 Å². The predicted molar refractivity (Wildman–Crippen MR) is 133 cm³/mol. The smallest absolute Gasteiger partial charge is 0.297 e. The molecule has 0 fully saturated rings. The molecule has 0 radical (unpaired) electrons. The molecule has 2 aromatic heterocycles. The van der Waals surface area contributed by atoms with Gasteiger partial charge in [-0.1, -0.05) is 41.2 Å². The first kappa shape index (κ1) is 21.5. The van der Waals surface area contributed by atoms with Crippen LogP contribution in [-0.2, 0) is 0 Å². The topological polar surface area (TPSA) is 72.6 Å². The first-order chi connectivity index (χ1) is 17.0. The van der Waals surface area contributed by atoms with Crippen LogP contribution in [-0.4, -0.2) is 17.5 Å². The summed E-state index contributed by atoms with van der Waals surface area (Å²) in [6.07, 6.45) is 0. The average Bonchev–Trinajstić information content (AvgIpc) is 3.38. The van der Waals surface area contributed by atoms with Crippen molar-refractivity contribution < 1.29 is 18.3 Å². The maximum Gasteiger partial charge on any atom is 0.297 e. The van der Waals surface area contributed by atoms with Gasteiger partial charge in [0.25, 0.3) is 5.91 Å². The molecule has 0 aliphatic carbocycles. The van der Waals surface area contributed by atoms with Gasteiger partial charge in [-0.05, 0) is 50.2 Å². The minimum atomic E-state index is -1.01. The largest absolute Gasteiger partial charge is 0.494 e. The first-order valence-corrected chi connectivity index (χ1v) is 12.0. The lowest BCUT2D eigenvalue weighted by molar-refractivity contribution is 0.0971. The van der Waals surface area contributed by atoms with Crippen LogP contribution in [0.2, 0.25) is 0 Å². The minimum absolute atomic E-state index is 0.0890. The summed E-state index contributed by atoms with van der Waals surface area (Å²) in [5.74, 6) is -0.451. The van der Waals surface area contributed by atoms with Crippen LogP contribution in [0, 0.1) is 12.7 Å². The standard InChI is InChI=1S/C27H19FN2O4S/c1-3-33-15-9-10-19-21(13-15)35-27(29-19)30-23(16-6-4-5-7-18(16)28)22-24(31)17-12-14(2)8-11-20(17)34-25(22)26(30)32/h4-13,23H,3H2,1-2H3. The second kappa shape index (κ2) is 8.02. The molecule has 1 amide bonds. The van der Waals surface area contributed by atoms with Crippen LogP contribution in [0.4, 0.5) is 9.52 Å². The zero-order valence-corrected chi connectivity index (χ0v) is 19.7. The van der Waals surface area contributed by atoms with Gasteiger partial charge in [0.05, 0.1) is 27.8 Å². The van der Waals surface area contributed by atoms with Crippen molar-refractivity contribution in [2.24, 2.45) is 0 Å². The molecule has 0 saturated carbocycles. The Morgan fingerprint density at radius 1 is 1.11 bits per heavy atom. The number of amides is 1. The number of carbonyl (C=O) groups is 1. The van der Waals surface area contributed by atoms with E-state index in [4.69, 9.17) is 9.15 Å². The molecule has 3 aromatic carbocycles. The van der Waals surface area contributed by atoms with Gasteiger partial charge in [-0.25, -0.2) is 9.37 Å². The number of benzene rings is 3. The van der Waals surface area contributed by atoms with Crippen molar-refractivity contribution in [3.63, 3.8) is 0 Å². The maximum atomic E-state index is 15.1. The Hall–Kier alpha value is -4.04. The number of fused-ring (bicyclic) bond motifs is 3. The lowest BCUT2D eigenvalue weighted by Crippen LogP contribution is -2.30. The van der Waals surface area contributed by atoms with E-state index < -0.39 is 17.8 Å². The highest BCUT2D eigenvalue weighted by Crippen LogP contribution is 2.44. The third-order valence-corrected chi connectivity index (χ3v) is 7.11. The highest BCUT2D eigenvalue weighted by molar-refractivity contribution is 7.22. The summed E-state index contributed by atoms with van der Waals surface area (Å²) in [5, 5.41) is 0.698. The van der Waals surface area contributed by atoms with Gasteiger partial charge in [0, 0.05) is 5.56 Å². The summed E-state index contributed by atoms with van der Waals surface area (Å²) in [4.78, 5) is 33.4. The van der Waals surface area contributed by atoms with Crippen molar-refractivity contribution in [1.29, 1.82) is 0 Å². The van der Waals surface area contributed by atoms with Crippen molar-refractivity contribution in [3.8, 4) is 5.75 Å². The van der Waals surface area contributed by atoms with Gasteiger partial charge in [-0.15, -0.1) is 0 Å². The summed E-state index contributed by atoms with van der Waals surface area (Å²) < 4.78 is 27.5. The molecule has 0 N–H and O–H groups in total. The molecule has 5 aromatic rings. The second-order valence-electron chi connectivity index (χ2n) is 8.33. The molecule has 0 saturated heterocycles. The normalized spacial score (nSPS) is 15.2. The number of nitrogens with zero attached hydrogens (tertiary/aromatic N) is 2. The summed E-state index contributed by atoms with van der Waals surface area (Å²) in [6, 6.07) is 15.8. The Morgan fingerprint density at radius 2 is 1.94 bits per heavy atom. The Balaban J connectivity index is 1.61. The number of halogens is 1. The van der Waals surface area contributed by atoms with Crippen LogP contribution in [0.5, 0.6) is 5.75 Å². The van der Waals surface area contributed by atoms with E-state index in [2.05, 4.69) is 4.98 Å². The maximum absolute atomic E-state index is 15.1. The Labute approximate surface area is 203 Å². The number of rotatable bonds is 4. The van der Waals surface area contributed by atoms with Crippen LogP contribution in [0.3, 0.4) is 0 Å². The Kier molecular flexibility index (Phi) is 4.93. The van der Waals surface area contributed by atoms with Crippen molar-refractivity contribution in [3.05, 3.63) is 99.2 Å². The van der Waals surface area contributed by atoms with E-state index in [0.29, 0.717) is 34.0 Å². The quantitative estimate of drug-likeness (QED) is 0.312. The number of aryl methyl sites for hydroxylation is 1. The fraction of sp³-hybridized carbons (Fsp3) is 0.148. The molecule has 6 nitrogen and oxygen atoms in total. The van der Waals surface area contributed by atoms with Gasteiger partial charge in [0.15, 0.2) is 10.6 Å². The van der Waals surface area contributed by atoms with E-state index in [0.717, 1.165) is 10.3 Å². The summed E-state index contributed by atoms with van der Waals surface area (Å²) in [6.45, 7) is 4.29. The molecular formula is C27H19FN2O4S. The number of thiazole rings is 1. The van der Waals surface area contributed by atoms with Gasteiger partial charge >= 0.3 is 0 Å². The van der Waals surface area contributed by atoms with E-state index in [-0.39, 0.29) is 22.3 Å². The van der Waals surface area contributed by atoms with Crippen LogP contribution >= 0.6 is 11.3 Å². The molecule has 3 heterocycles. The van der Waals surface area contributed by atoms with Crippen LogP contribution in [0.25, 0.3) is 21.2 Å². The van der Waals surface area contributed by atoms with Gasteiger partial charge in [-0.2, -0.15) is 0 Å². The van der Waals surface area contributed by atoms with Gasteiger partial charge in [-0.3, -0.25) is 14.5 Å². The highest BCUT2D eigenvalue weighted by Gasteiger charge is 2.45. The number of ether oxygens (including phenoxy) is 1. The highest BCUT2D eigenvalue weighted by atomic mass is 32.1. The molecule has 1 aliphatic heterocycles. The zero-order chi connectivity index (χ0) is 24.3. The average molecular weight is 487 g/mol. The van der Waals surface area contributed by atoms with E-state index in [1.165, 1.54) is 22.3 Å². The number of aromatic nitrogens is 1. The molecule has 35 heavy (non-hydrogen) atoms. The number of hydrogen-bond donors (Lipinski definition) is 0. The molecule has 8 heteroatoms. The molecule has 0 spiro atoms. The van der Waals surface area contributed by atoms with E-state index in [1.54, 1.807) is 30.3 Å². The predicted octanol–water partition coefficient (Wildman–Crippen LogP) is 6.00. The third kappa shape index (κ3) is 3.32. The Bertz CT molecular complexity index is 1710. The zero-order valence-electron chi connectivity index (χ0n) is 18.9. The SMILES string of the molecule is CCOc1ccc2nc(N3C(=O)c4oc5ccc(C)cc5c(=O)c4C3c3ccccc3F)sc2c1. The van der Waals surface area contributed by atoms with Crippen molar-refractivity contribution in [2.75, 3.05) is 11.5 Å². The Morgan fingerprint density at radius 3 is 2.74 bits per heavy atom.